The molecule has 1 saturated heterocycles. The fourth-order valence-corrected chi connectivity index (χ4v) is 4.13. The highest BCUT2D eigenvalue weighted by Crippen LogP contribution is 2.26. The van der Waals surface area contributed by atoms with Gasteiger partial charge < -0.3 is 4.90 Å². The van der Waals surface area contributed by atoms with Crippen LogP contribution in [0.5, 0.6) is 0 Å². The molecular weight excluding hydrogens is 345 g/mol. The van der Waals surface area contributed by atoms with E-state index in [1.165, 1.54) is 22.5 Å². The third kappa shape index (κ3) is 4.34. The van der Waals surface area contributed by atoms with Crippen LogP contribution in [0, 0.1) is 0 Å². The summed E-state index contributed by atoms with van der Waals surface area (Å²) in [5, 5.41) is 0.612. The minimum atomic E-state index is -3.50. The molecule has 22 heavy (non-hydrogen) atoms. The first-order valence-corrected chi connectivity index (χ1v) is 9.32. The maximum Gasteiger partial charge on any atom is 0.243 e. The summed E-state index contributed by atoms with van der Waals surface area (Å²) in [6.45, 7) is 4.40. The Labute approximate surface area is 142 Å². The van der Waals surface area contributed by atoms with E-state index in [1.807, 2.05) is 14.1 Å². The molecule has 1 aromatic rings. The maximum absolute atomic E-state index is 12.6. The number of benzene rings is 1. The first-order chi connectivity index (χ1) is 10.3. The Morgan fingerprint density at radius 1 is 1.09 bits per heavy atom. The molecule has 1 aromatic carbocycles. The second-order valence-electron chi connectivity index (χ2n) is 5.62. The minimum Gasteiger partial charge on any atom is -0.308 e. The number of hydrogen-bond donors (Lipinski definition) is 0. The number of halogens is 2. The summed E-state index contributed by atoms with van der Waals surface area (Å²) >= 11 is 11.8. The second kappa shape index (κ2) is 7.47. The topological polar surface area (TPSA) is 43.9 Å². The largest absolute Gasteiger partial charge is 0.308 e. The maximum atomic E-state index is 12.6. The van der Waals surface area contributed by atoms with Crippen molar-refractivity contribution in [2.24, 2.45) is 0 Å². The van der Waals surface area contributed by atoms with Gasteiger partial charge in [0.2, 0.25) is 10.0 Å². The molecule has 0 radical (unpaired) electrons. The van der Waals surface area contributed by atoms with Gasteiger partial charge in [0, 0.05) is 39.3 Å². The van der Waals surface area contributed by atoms with E-state index in [0.717, 1.165) is 26.2 Å². The average molecular weight is 366 g/mol. The summed E-state index contributed by atoms with van der Waals surface area (Å²) in [5.74, 6) is 0. The zero-order valence-electron chi connectivity index (χ0n) is 12.8. The molecule has 0 saturated carbocycles. The van der Waals surface area contributed by atoms with Crippen molar-refractivity contribution in [2.45, 2.75) is 4.90 Å². The fourth-order valence-electron chi connectivity index (χ4n) is 2.32. The van der Waals surface area contributed by atoms with E-state index in [1.54, 1.807) is 0 Å². The van der Waals surface area contributed by atoms with E-state index in [4.69, 9.17) is 23.2 Å². The van der Waals surface area contributed by atoms with Crippen LogP contribution in [0.15, 0.2) is 23.1 Å². The lowest BCUT2D eigenvalue weighted by Crippen LogP contribution is -2.49. The average Bonchev–Trinajstić information content (AvgIpc) is 2.48. The molecule has 0 N–H and O–H groups in total. The first kappa shape index (κ1) is 18.0. The van der Waals surface area contributed by atoms with Gasteiger partial charge in [0.15, 0.2) is 0 Å². The lowest BCUT2D eigenvalue weighted by Gasteiger charge is -2.34. The molecule has 1 aliphatic rings. The van der Waals surface area contributed by atoms with Crippen molar-refractivity contribution >= 4 is 33.2 Å². The van der Waals surface area contributed by atoms with E-state index < -0.39 is 10.0 Å². The third-order valence-electron chi connectivity index (χ3n) is 3.72. The standard InChI is InChI=1S/C14H21Cl2N3O2S/c1-17(2)5-6-18-7-9-19(10-8-18)22(20,21)12-3-4-13(15)14(16)11-12/h3-4,11H,5-10H2,1-2H3. The zero-order chi connectivity index (χ0) is 16.3. The Balaban J connectivity index is 2.01. The number of sulfonamides is 1. The van der Waals surface area contributed by atoms with Gasteiger partial charge in [-0.15, -0.1) is 0 Å². The molecular formula is C14H21Cl2N3O2S. The molecule has 0 unspecified atom stereocenters. The van der Waals surface area contributed by atoms with Gasteiger partial charge in [-0.2, -0.15) is 4.31 Å². The molecule has 8 heteroatoms. The summed E-state index contributed by atoms with van der Waals surface area (Å²) in [6, 6.07) is 4.43. The highest BCUT2D eigenvalue weighted by molar-refractivity contribution is 7.89. The number of likely N-dealkylation sites (N-methyl/N-ethyl adjacent to an activating group) is 1. The van der Waals surface area contributed by atoms with Crippen LogP contribution in [0.2, 0.25) is 10.0 Å². The monoisotopic (exact) mass is 365 g/mol. The Morgan fingerprint density at radius 2 is 1.73 bits per heavy atom. The lowest BCUT2D eigenvalue weighted by atomic mass is 10.3. The number of piperazine rings is 1. The molecule has 1 heterocycles. The third-order valence-corrected chi connectivity index (χ3v) is 6.36. The van der Waals surface area contributed by atoms with Crippen LogP contribution >= 0.6 is 23.2 Å². The van der Waals surface area contributed by atoms with Crippen LogP contribution in [0.25, 0.3) is 0 Å². The Bertz CT molecular complexity index is 615. The van der Waals surface area contributed by atoms with Crippen molar-refractivity contribution in [2.75, 3.05) is 53.4 Å². The summed E-state index contributed by atoms with van der Waals surface area (Å²) < 4.78 is 26.8. The molecule has 124 valence electrons. The van der Waals surface area contributed by atoms with Gasteiger partial charge in [0.25, 0.3) is 0 Å². The van der Waals surface area contributed by atoms with Gasteiger partial charge in [-0.25, -0.2) is 8.42 Å². The molecule has 2 rings (SSSR count). The Kier molecular flexibility index (Phi) is 6.10. The summed E-state index contributed by atoms with van der Waals surface area (Å²) in [6.07, 6.45) is 0. The van der Waals surface area contributed by atoms with Crippen molar-refractivity contribution in [1.29, 1.82) is 0 Å². The molecule has 1 aliphatic heterocycles. The van der Waals surface area contributed by atoms with Crippen molar-refractivity contribution in [3.8, 4) is 0 Å². The van der Waals surface area contributed by atoms with Crippen molar-refractivity contribution in [3.05, 3.63) is 28.2 Å². The van der Waals surface area contributed by atoms with Gasteiger partial charge in [0.05, 0.1) is 14.9 Å². The number of hydrogen-bond acceptors (Lipinski definition) is 4. The fraction of sp³-hybridized carbons (Fsp3) is 0.571. The van der Waals surface area contributed by atoms with Crippen LogP contribution in [-0.4, -0.2) is 75.9 Å². The quantitative estimate of drug-likeness (QED) is 0.798. The number of rotatable bonds is 5. The Morgan fingerprint density at radius 3 is 2.27 bits per heavy atom. The molecule has 0 atom stereocenters. The van der Waals surface area contributed by atoms with Gasteiger partial charge in [0.1, 0.15) is 0 Å². The van der Waals surface area contributed by atoms with Gasteiger partial charge in [-0.1, -0.05) is 23.2 Å². The smallest absolute Gasteiger partial charge is 0.243 e. The number of nitrogens with zero attached hydrogens (tertiary/aromatic N) is 3. The SMILES string of the molecule is CN(C)CCN1CCN(S(=O)(=O)c2ccc(Cl)c(Cl)c2)CC1. The summed E-state index contributed by atoms with van der Waals surface area (Å²) in [5.41, 5.74) is 0. The van der Waals surface area contributed by atoms with Gasteiger partial charge >= 0.3 is 0 Å². The molecule has 1 fully saturated rings. The van der Waals surface area contributed by atoms with Gasteiger partial charge in [-0.3, -0.25) is 4.90 Å². The second-order valence-corrected chi connectivity index (χ2v) is 8.38. The first-order valence-electron chi connectivity index (χ1n) is 7.13. The van der Waals surface area contributed by atoms with Crippen LogP contribution in [-0.2, 0) is 10.0 Å². The summed E-state index contributed by atoms with van der Waals surface area (Å²) in [4.78, 5) is 4.60. The molecule has 0 spiro atoms. The van der Waals surface area contributed by atoms with Crippen LogP contribution < -0.4 is 0 Å². The minimum absolute atomic E-state index is 0.198. The lowest BCUT2D eigenvalue weighted by molar-refractivity contribution is 0.174. The molecule has 5 nitrogen and oxygen atoms in total. The van der Waals surface area contributed by atoms with Gasteiger partial charge in [-0.05, 0) is 32.3 Å². The van der Waals surface area contributed by atoms with E-state index >= 15 is 0 Å². The highest BCUT2D eigenvalue weighted by Gasteiger charge is 2.28. The van der Waals surface area contributed by atoms with Crippen molar-refractivity contribution < 1.29 is 8.42 Å². The van der Waals surface area contributed by atoms with Crippen LogP contribution in [0.1, 0.15) is 0 Å². The zero-order valence-corrected chi connectivity index (χ0v) is 15.1. The molecule has 0 aromatic heterocycles. The van der Waals surface area contributed by atoms with Crippen LogP contribution in [0.3, 0.4) is 0 Å². The van der Waals surface area contributed by atoms with E-state index in [-0.39, 0.29) is 9.92 Å². The van der Waals surface area contributed by atoms with E-state index in [9.17, 15) is 8.42 Å². The van der Waals surface area contributed by atoms with Crippen LogP contribution in [0.4, 0.5) is 0 Å². The Hall–Kier alpha value is -0.370. The highest BCUT2D eigenvalue weighted by atomic mass is 35.5. The van der Waals surface area contributed by atoms with Crippen molar-refractivity contribution in [1.82, 2.24) is 14.1 Å². The molecule has 0 bridgehead atoms. The van der Waals surface area contributed by atoms with E-state index in [2.05, 4.69) is 9.80 Å². The predicted molar refractivity (Wildman–Crippen MR) is 90.2 cm³/mol. The summed E-state index contributed by atoms with van der Waals surface area (Å²) in [7, 11) is 0.563. The molecule has 0 aliphatic carbocycles. The molecule has 0 amide bonds. The normalized spacial score (nSPS) is 18.0. The predicted octanol–water partition coefficient (Wildman–Crippen LogP) is 1.86. The van der Waals surface area contributed by atoms with Crippen molar-refractivity contribution in [3.63, 3.8) is 0 Å². The van der Waals surface area contributed by atoms with E-state index in [0.29, 0.717) is 18.1 Å².